The van der Waals surface area contributed by atoms with Crippen molar-refractivity contribution >= 4 is 5.91 Å². The van der Waals surface area contributed by atoms with Gasteiger partial charge in [0.2, 0.25) is 0 Å². The quantitative estimate of drug-likeness (QED) is 0.773. The molecule has 0 heterocycles. The number of amides is 1. The Kier molecular flexibility index (Phi) is 5.75. The minimum Gasteiger partial charge on any atom is -0.352 e. The maximum atomic E-state index is 13.6. The lowest BCUT2D eigenvalue weighted by Gasteiger charge is -2.08. The number of rotatable bonds is 6. The molecule has 0 aromatic heterocycles. The van der Waals surface area contributed by atoms with E-state index in [0.29, 0.717) is 6.54 Å². The second kappa shape index (κ2) is 7.09. The van der Waals surface area contributed by atoms with Gasteiger partial charge < -0.3 is 5.32 Å². The highest BCUT2D eigenvalue weighted by Gasteiger charge is 2.18. The van der Waals surface area contributed by atoms with Gasteiger partial charge >= 0.3 is 0 Å². The molecule has 18 heavy (non-hydrogen) atoms. The van der Waals surface area contributed by atoms with Crippen LogP contribution in [0.3, 0.4) is 0 Å². The Morgan fingerprint density at radius 2 is 1.94 bits per heavy atom. The van der Waals surface area contributed by atoms with E-state index < -0.39 is 23.1 Å². The zero-order chi connectivity index (χ0) is 13.5. The van der Waals surface area contributed by atoms with Crippen LogP contribution in [-0.2, 0) is 0 Å². The van der Waals surface area contributed by atoms with E-state index >= 15 is 0 Å². The van der Waals surface area contributed by atoms with Gasteiger partial charge in [0.15, 0.2) is 0 Å². The predicted octanol–water partition coefficient (Wildman–Crippen LogP) is 3.58. The van der Waals surface area contributed by atoms with E-state index in [0.717, 1.165) is 31.7 Å². The summed E-state index contributed by atoms with van der Waals surface area (Å²) in [5, 5.41) is 2.55. The first kappa shape index (κ1) is 14.6. The van der Waals surface area contributed by atoms with Crippen LogP contribution in [0.25, 0.3) is 0 Å². The van der Waals surface area contributed by atoms with E-state index in [2.05, 4.69) is 12.2 Å². The van der Waals surface area contributed by atoms with Gasteiger partial charge in [-0.2, -0.15) is 0 Å². The summed E-state index contributed by atoms with van der Waals surface area (Å²) in [5.41, 5.74) is -0.210. The topological polar surface area (TPSA) is 29.1 Å². The van der Waals surface area contributed by atoms with Crippen molar-refractivity contribution in [3.05, 3.63) is 34.9 Å². The molecule has 0 aliphatic rings. The highest BCUT2D eigenvalue weighted by Crippen LogP contribution is 2.16. The largest absolute Gasteiger partial charge is 0.352 e. The number of carbonyl (C=O) groups is 1. The van der Waals surface area contributed by atoms with Crippen LogP contribution in [0.2, 0.25) is 0 Å². The first-order valence-electron chi connectivity index (χ1n) is 6.30. The fourth-order valence-electron chi connectivity index (χ4n) is 1.71. The molecule has 1 rings (SSSR count). The predicted molar refractivity (Wildman–Crippen MR) is 67.6 cm³/mol. The van der Waals surface area contributed by atoms with Crippen molar-refractivity contribution in [1.29, 1.82) is 0 Å². The molecule has 1 aromatic rings. The minimum atomic E-state index is -0.816. The molecule has 0 unspecified atom stereocenters. The fourth-order valence-corrected chi connectivity index (χ4v) is 1.71. The first-order chi connectivity index (χ1) is 8.57. The number of hydrogen-bond donors (Lipinski definition) is 1. The lowest BCUT2D eigenvalue weighted by atomic mass is 10.1. The average Bonchev–Trinajstić information content (AvgIpc) is 2.34. The summed E-state index contributed by atoms with van der Waals surface area (Å²) in [4.78, 5) is 11.7. The van der Waals surface area contributed by atoms with Gasteiger partial charge in [-0.3, -0.25) is 4.79 Å². The van der Waals surface area contributed by atoms with Crippen LogP contribution in [-0.4, -0.2) is 12.5 Å². The molecule has 0 aliphatic heterocycles. The van der Waals surface area contributed by atoms with E-state index in [9.17, 15) is 13.6 Å². The fraction of sp³-hybridized carbons (Fsp3) is 0.500. The summed E-state index contributed by atoms with van der Waals surface area (Å²) in [6.07, 6.45) is 4.04. The van der Waals surface area contributed by atoms with E-state index in [1.807, 2.05) is 0 Å². The molecule has 0 bridgehead atoms. The van der Waals surface area contributed by atoms with Crippen molar-refractivity contribution in [3.8, 4) is 0 Å². The zero-order valence-corrected chi connectivity index (χ0v) is 10.9. The Balaban J connectivity index is 2.59. The summed E-state index contributed by atoms with van der Waals surface area (Å²) in [6.45, 7) is 4.05. The van der Waals surface area contributed by atoms with Crippen LogP contribution < -0.4 is 5.32 Å². The van der Waals surface area contributed by atoms with E-state index in [-0.39, 0.29) is 5.56 Å². The van der Waals surface area contributed by atoms with Crippen LogP contribution in [0.15, 0.2) is 12.1 Å². The molecular weight excluding hydrogens is 236 g/mol. The van der Waals surface area contributed by atoms with Crippen LogP contribution in [0, 0.1) is 18.6 Å². The van der Waals surface area contributed by atoms with Crippen LogP contribution in [0.4, 0.5) is 8.78 Å². The van der Waals surface area contributed by atoms with Crippen molar-refractivity contribution in [1.82, 2.24) is 5.32 Å². The smallest absolute Gasteiger partial charge is 0.257 e. The number of halogens is 2. The zero-order valence-electron chi connectivity index (χ0n) is 10.9. The number of benzene rings is 1. The Hall–Kier alpha value is -1.45. The third-order valence-electron chi connectivity index (χ3n) is 2.83. The number of aryl methyl sites for hydroxylation is 1. The summed E-state index contributed by atoms with van der Waals surface area (Å²) in [6, 6.07) is 2.44. The molecule has 0 spiro atoms. The van der Waals surface area contributed by atoms with Crippen molar-refractivity contribution in [3.63, 3.8) is 0 Å². The second-order valence-corrected chi connectivity index (χ2v) is 4.37. The number of unbranched alkanes of at least 4 members (excludes halogenated alkanes) is 3. The van der Waals surface area contributed by atoms with E-state index in [1.54, 1.807) is 0 Å². The Bertz CT molecular complexity index is 419. The standard InChI is InChI=1S/C14H19F2NO/c1-3-4-5-6-9-17-14(18)12-11(15)8-7-10(2)13(12)16/h7-8H,3-6,9H2,1-2H3,(H,17,18). The highest BCUT2D eigenvalue weighted by molar-refractivity contribution is 5.94. The van der Waals surface area contributed by atoms with Crippen LogP contribution in [0.5, 0.6) is 0 Å². The van der Waals surface area contributed by atoms with E-state index in [1.165, 1.54) is 13.0 Å². The summed E-state index contributed by atoms with van der Waals surface area (Å²) in [5.74, 6) is -2.27. The molecule has 1 amide bonds. The lowest BCUT2D eigenvalue weighted by molar-refractivity contribution is 0.0944. The normalized spacial score (nSPS) is 10.4. The number of nitrogens with one attached hydrogen (secondary N) is 1. The van der Waals surface area contributed by atoms with E-state index in [4.69, 9.17) is 0 Å². The summed E-state index contributed by atoms with van der Waals surface area (Å²) >= 11 is 0. The van der Waals surface area contributed by atoms with Crippen molar-refractivity contribution in [2.75, 3.05) is 6.54 Å². The molecule has 0 saturated carbocycles. The van der Waals surface area contributed by atoms with Crippen LogP contribution >= 0.6 is 0 Å². The van der Waals surface area contributed by atoms with Gasteiger partial charge in [0, 0.05) is 6.54 Å². The van der Waals surface area contributed by atoms with Crippen molar-refractivity contribution in [2.24, 2.45) is 0 Å². The highest BCUT2D eigenvalue weighted by atomic mass is 19.1. The molecule has 0 radical (unpaired) electrons. The second-order valence-electron chi connectivity index (χ2n) is 4.37. The van der Waals surface area contributed by atoms with Crippen LogP contribution in [0.1, 0.15) is 48.5 Å². The van der Waals surface area contributed by atoms with Crippen molar-refractivity contribution < 1.29 is 13.6 Å². The van der Waals surface area contributed by atoms with Crippen molar-refractivity contribution in [2.45, 2.75) is 39.5 Å². The summed E-state index contributed by atoms with van der Waals surface area (Å²) < 4.78 is 27.1. The molecule has 0 aliphatic carbocycles. The van der Waals surface area contributed by atoms with Gasteiger partial charge in [0.05, 0.1) is 0 Å². The number of hydrogen-bond acceptors (Lipinski definition) is 1. The number of carbonyl (C=O) groups excluding carboxylic acids is 1. The van der Waals surface area contributed by atoms with Gasteiger partial charge in [0.1, 0.15) is 17.2 Å². The molecular formula is C14H19F2NO. The molecule has 4 heteroatoms. The van der Waals surface area contributed by atoms with Gasteiger partial charge in [0.25, 0.3) is 5.91 Å². The lowest BCUT2D eigenvalue weighted by Crippen LogP contribution is -2.26. The maximum absolute atomic E-state index is 13.6. The summed E-state index contributed by atoms with van der Waals surface area (Å²) in [7, 11) is 0. The molecule has 100 valence electrons. The SMILES string of the molecule is CCCCCCNC(=O)c1c(F)ccc(C)c1F. The van der Waals surface area contributed by atoms with Gasteiger partial charge in [-0.25, -0.2) is 8.78 Å². The van der Waals surface area contributed by atoms with Gasteiger partial charge in [-0.05, 0) is 25.0 Å². The Morgan fingerprint density at radius 3 is 2.61 bits per heavy atom. The molecule has 0 saturated heterocycles. The Labute approximate surface area is 106 Å². The Morgan fingerprint density at radius 1 is 1.22 bits per heavy atom. The van der Waals surface area contributed by atoms with Gasteiger partial charge in [-0.1, -0.05) is 32.3 Å². The molecule has 1 aromatic carbocycles. The monoisotopic (exact) mass is 255 g/mol. The molecule has 0 fully saturated rings. The average molecular weight is 255 g/mol. The maximum Gasteiger partial charge on any atom is 0.257 e. The van der Waals surface area contributed by atoms with Gasteiger partial charge in [-0.15, -0.1) is 0 Å². The molecule has 0 atom stereocenters. The first-order valence-corrected chi connectivity index (χ1v) is 6.30. The minimum absolute atomic E-state index is 0.271. The molecule has 2 nitrogen and oxygen atoms in total. The third kappa shape index (κ3) is 3.79. The third-order valence-corrected chi connectivity index (χ3v) is 2.83. The molecule has 1 N–H and O–H groups in total.